The SMILES string of the molecule is Cc1cc2c(c3c1C(=O)/C(=C/c1cn(C)c4ccccc14)O3)CN(CCc1ccccc1Cl)CO2. The van der Waals surface area contributed by atoms with Crippen molar-refractivity contribution in [2.24, 2.45) is 7.05 Å². The van der Waals surface area contributed by atoms with E-state index in [0.29, 0.717) is 30.3 Å². The fourth-order valence-corrected chi connectivity index (χ4v) is 5.26. The minimum Gasteiger partial charge on any atom is -0.478 e. The number of ether oxygens (including phenoxy) is 2. The number of allylic oxidation sites excluding steroid dienone is 1. The van der Waals surface area contributed by atoms with Gasteiger partial charge in [0.15, 0.2) is 5.76 Å². The third-order valence-electron chi connectivity index (χ3n) is 6.86. The Labute approximate surface area is 209 Å². The van der Waals surface area contributed by atoms with Crippen LogP contribution in [-0.2, 0) is 20.0 Å². The highest BCUT2D eigenvalue weighted by molar-refractivity contribution is 6.31. The van der Waals surface area contributed by atoms with Crippen molar-refractivity contribution < 1.29 is 14.3 Å². The van der Waals surface area contributed by atoms with Gasteiger partial charge in [-0.3, -0.25) is 9.69 Å². The van der Waals surface area contributed by atoms with Crippen LogP contribution in [0, 0.1) is 6.92 Å². The van der Waals surface area contributed by atoms with Crippen molar-refractivity contribution in [3.05, 3.63) is 99.4 Å². The van der Waals surface area contributed by atoms with Crippen molar-refractivity contribution in [2.45, 2.75) is 19.9 Å². The van der Waals surface area contributed by atoms with Crippen molar-refractivity contribution >= 4 is 34.4 Å². The minimum absolute atomic E-state index is 0.0820. The quantitative estimate of drug-likeness (QED) is 0.326. The summed E-state index contributed by atoms with van der Waals surface area (Å²) in [5.41, 5.74) is 5.61. The zero-order valence-electron chi connectivity index (χ0n) is 19.7. The van der Waals surface area contributed by atoms with Gasteiger partial charge in [-0.25, -0.2) is 0 Å². The van der Waals surface area contributed by atoms with Gasteiger partial charge in [0.1, 0.15) is 18.2 Å². The molecule has 0 radical (unpaired) electrons. The van der Waals surface area contributed by atoms with Gasteiger partial charge in [0.25, 0.3) is 0 Å². The summed E-state index contributed by atoms with van der Waals surface area (Å²) in [5, 5.41) is 1.86. The van der Waals surface area contributed by atoms with Gasteiger partial charge < -0.3 is 14.0 Å². The maximum Gasteiger partial charge on any atom is 0.232 e. The van der Waals surface area contributed by atoms with Crippen LogP contribution in [-0.4, -0.2) is 28.5 Å². The Morgan fingerprint density at radius 2 is 1.91 bits per heavy atom. The molecule has 4 aromatic rings. The molecule has 0 N–H and O–H groups in total. The molecular formula is C29H25ClN2O3. The van der Waals surface area contributed by atoms with E-state index < -0.39 is 0 Å². The lowest BCUT2D eigenvalue weighted by Gasteiger charge is -2.30. The first-order valence-corrected chi connectivity index (χ1v) is 12.1. The van der Waals surface area contributed by atoms with Crippen molar-refractivity contribution in [1.29, 1.82) is 0 Å². The molecule has 5 nitrogen and oxygen atoms in total. The first-order valence-electron chi connectivity index (χ1n) is 11.7. The molecule has 176 valence electrons. The van der Waals surface area contributed by atoms with E-state index in [1.165, 1.54) is 0 Å². The molecule has 3 aromatic carbocycles. The van der Waals surface area contributed by atoms with Crippen LogP contribution in [0.15, 0.2) is 66.6 Å². The van der Waals surface area contributed by atoms with Crippen molar-refractivity contribution in [3.63, 3.8) is 0 Å². The monoisotopic (exact) mass is 484 g/mol. The van der Waals surface area contributed by atoms with Gasteiger partial charge in [-0.05, 0) is 48.7 Å². The molecule has 0 fully saturated rings. The topological polar surface area (TPSA) is 43.7 Å². The van der Waals surface area contributed by atoms with Crippen molar-refractivity contribution in [3.8, 4) is 11.5 Å². The molecule has 1 aromatic heterocycles. The Hall–Kier alpha value is -3.54. The number of rotatable bonds is 4. The van der Waals surface area contributed by atoms with E-state index in [2.05, 4.69) is 21.6 Å². The highest BCUT2D eigenvalue weighted by atomic mass is 35.5. The first-order chi connectivity index (χ1) is 17.0. The van der Waals surface area contributed by atoms with Crippen LogP contribution in [0.2, 0.25) is 5.02 Å². The number of hydrogen-bond donors (Lipinski definition) is 0. The van der Waals surface area contributed by atoms with E-state index in [0.717, 1.165) is 56.9 Å². The number of halogens is 1. The van der Waals surface area contributed by atoms with Crippen molar-refractivity contribution in [1.82, 2.24) is 9.47 Å². The number of benzene rings is 3. The maximum absolute atomic E-state index is 13.4. The van der Waals surface area contributed by atoms with E-state index in [1.54, 1.807) is 0 Å². The van der Waals surface area contributed by atoms with Gasteiger partial charge in [0.2, 0.25) is 5.78 Å². The Morgan fingerprint density at radius 1 is 1.11 bits per heavy atom. The number of hydrogen-bond acceptors (Lipinski definition) is 4. The van der Waals surface area contributed by atoms with Gasteiger partial charge in [0, 0.05) is 47.8 Å². The number of para-hydroxylation sites is 1. The lowest BCUT2D eigenvalue weighted by molar-refractivity contribution is 0.0949. The zero-order valence-corrected chi connectivity index (χ0v) is 20.4. The number of ketones is 1. The summed E-state index contributed by atoms with van der Waals surface area (Å²) in [4.78, 5) is 15.6. The highest BCUT2D eigenvalue weighted by Gasteiger charge is 2.35. The Bertz CT molecular complexity index is 1520. The third-order valence-corrected chi connectivity index (χ3v) is 7.23. The van der Waals surface area contributed by atoms with E-state index in [9.17, 15) is 4.79 Å². The van der Waals surface area contributed by atoms with Crippen LogP contribution in [0.1, 0.15) is 32.6 Å². The summed E-state index contributed by atoms with van der Waals surface area (Å²) in [6.07, 6.45) is 4.70. The second-order valence-corrected chi connectivity index (χ2v) is 9.60. The largest absolute Gasteiger partial charge is 0.478 e. The summed E-state index contributed by atoms with van der Waals surface area (Å²) in [7, 11) is 2.01. The summed E-state index contributed by atoms with van der Waals surface area (Å²) in [6.45, 7) is 3.87. The van der Waals surface area contributed by atoms with Crippen molar-refractivity contribution in [2.75, 3.05) is 13.3 Å². The number of aryl methyl sites for hydroxylation is 2. The molecule has 35 heavy (non-hydrogen) atoms. The molecule has 6 heteroatoms. The minimum atomic E-state index is -0.0820. The predicted octanol–water partition coefficient (Wildman–Crippen LogP) is 6.15. The maximum atomic E-state index is 13.4. The molecule has 3 heterocycles. The van der Waals surface area contributed by atoms with Crippen LogP contribution in [0.3, 0.4) is 0 Å². The van der Waals surface area contributed by atoms with Gasteiger partial charge in [-0.1, -0.05) is 48.0 Å². The number of carbonyl (C=O) groups is 1. The molecule has 2 aliphatic heterocycles. The molecular weight excluding hydrogens is 460 g/mol. The normalized spacial score (nSPS) is 16.3. The smallest absolute Gasteiger partial charge is 0.232 e. The van der Waals surface area contributed by atoms with Crippen LogP contribution in [0.4, 0.5) is 0 Å². The van der Waals surface area contributed by atoms with Gasteiger partial charge in [-0.2, -0.15) is 0 Å². The third kappa shape index (κ3) is 3.81. The van der Waals surface area contributed by atoms with E-state index in [4.69, 9.17) is 21.1 Å². The number of nitrogens with zero attached hydrogens (tertiary/aromatic N) is 2. The van der Waals surface area contributed by atoms with Crippen LogP contribution in [0.25, 0.3) is 17.0 Å². The predicted molar refractivity (Wildman–Crippen MR) is 138 cm³/mol. The molecule has 0 aliphatic carbocycles. The van der Waals surface area contributed by atoms with Gasteiger partial charge in [-0.15, -0.1) is 0 Å². The van der Waals surface area contributed by atoms with Gasteiger partial charge in [0.05, 0.1) is 11.1 Å². The second kappa shape index (κ2) is 8.59. The first kappa shape index (κ1) is 22.0. The highest BCUT2D eigenvalue weighted by Crippen LogP contribution is 2.44. The fourth-order valence-electron chi connectivity index (χ4n) is 5.03. The molecule has 0 saturated heterocycles. The molecule has 0 bridgehead atoms. The summed E-state index contributed by atoms with van der Waals surface area (Å²) in [6, 6.07) is 18.0. The lowest BCUT2D eigenvalue weighted by Crippen LogP contribution is -2.34. The van der Waals surface area contributed by atoms with Crippen LogP contribution >= 0.6 is 11.6 Å². The fraction of sp³-hybridized carbons (Fsp3) is 0.207. The Morgan fingerprint density at radius 3 is 2.77 bits per heavy atom. The summed E-state index contributed by atoms with van der Waals surface area (Å²) >= 11 is 6.34. The number of aromatic nitrogens is 1. The van der Waals surface area contributed by atoms with E-state index >= 15 is 0 Å². The summed E-state index contributed by atoms with van der Waals surface area (Å²) in [5.74, 6) is 1.68. The number of fused-ring (bicyclic) bond motifs is 4. The standard InChI is InChI=1S/C29H25ClN2O3/c1-18-13-25-22(16-32(17-34-25)12-11-19-7-3-5-9-23(19)30)29-27(18)28(33)26(35-29)14-20-15-31(2)24-10-6-4-8-21(20)24/h3-10,13-15H,11-12,16-17H2,1-2H3/b26-14-. The molecule has 0 unspecified atom stereocenters. The average molecular weight is 485 g/mol. The number of Topliss-reactive ketones (excluding diaryl/α,β-unsaturated/α-hetero) is 1. The Balaban J connectivity index is 1.30. The molecule has 0 spiro atoms. The van der Waals surface area contributed by atoms with E-state index in [1.807, 2.05) is 68.7 Å². The molecule has 0 saturated carbocycles. The van der Waals surface area contributed by atoms with Crippen LogP contribution < -0.4 is 9.47 Å². The van der Waals surface area contributed by atoms with Gasteiger partial charge >= 0.3 is 0 Å². The molecule has 6 rings (SSSR count). The second-order valence-electron chi connectivity index (χ2n) is 9.19. The Kier molecular flexibility index (Phi) is 5.39. The molecule has 0 amide bonds. The average Bonchev–Trinajstić information content (AvgIpc) is 3.36. The number of carbonyl (C=O) groups excluding carboxylic acids is 1. The van der Waals surface area contributed by atoms with Crippen LogP contribution in [0.5, 0.6) is 11.5 Å². The van der Waals surface area contributed by atoms with E-state index in [-0.39, 0.29) is 5.78 Å². The lowest BCUT2D eigenvalue weighted by atomic mass is 9.98. The molecule has 0 atom stereocenters. The molecule has 2 aliphatic rings. The zero-order chi connectivity index (χ0) is 24.1. The summed E-state index contributed by atoms with van der Waals surface area (Å²) < 4.78 is 14.4.